The van der Waals surface area contributed by atoms with Gasteiger partial charge in [-0.1, -0.05) is 84.9 Å². The Labute approximate surface area is 329 Å². The SMILES string of the molecule is O=C(O)C(Cc1cccc(CN(Cc2cccc(CC(C(=O)O)C3CCNC3)c2)Cc2cccc3ccc(CC(C(=O)O)C4CCNC4)cc23)c1)C1CCNC1. The van der Waals surface area contributed by atoms with Crippen molar-refractivity contribution in [2.75, 3.05) is 39.3 Å². The molecule has 0 aromatic heterocycles. The number of hydrogen-bond donors (Lipinski definition) is 6. The maximum Gasteiger partial charge on any atom is 0.307 e. The zero-order chi connectivity index (χ0) is 39.0. The first kappa shape index (κ1) is 39.6. The van der Waals surface area contributed by atoms with Crippen molar-refractivity contribution in [1.29, 1.82) is 0 Å². The minimum atomic E-state index is -0.746. The lowest BCUT2D eigenvalue weighted by atomic mass is 9.85. The Morgan fingerprint density at radius 2 is 0.964 bits per heavy atom. The number of benzene rings is 4. The average Bonchev–Trinajstić information content (AvgIpc) is 4.01. The van der Waals surface area contributed by atoms with Gasteiger partial charge in [0.15, 0.2) is 0 Å². The number of rotatable bonds is 18. The Morgan fingerprint density at radius 1 is 0.536 bits per heavy atom. The zero-order valence-corrected chi connectivity index (χ0v) is 32.2. The second-order valence-corrected chi connectivity index (χ2v) is 16.5. The summed E-state index contributed by atoms with van der Waals surface area (Å²) in [7, 11) is 0. The highest BCUT2D eigenvalue weighted by Crippen LogP contribution is 2.30. The Hall–Kier alpha value is -4.61. The molecule has 0 spiro atoms. The van der Waals surface area contributed by atoms with E-state index < -0.39 is 35.7 Å². The van der Waals surface area contributed by atoms with Crippen molar-refractivity contribution < 1.29 is 29.7 Å². The second kappa shape index (κ2) is 18.6. The zero-order valence-electron chi connectivity index (χ0n) is 32.2. The third kappa shape index (κ3) is 10.0. The van der Waals surface area contributed by atoms with Gasteiger partial charge in [0, 0.05) is 19.6 Å². The summed E-state index contributed by atoms with van der Waals surface area (Å²) in [6.07, 6.45) is 4.07. The van der Waals surface area contributed by atoms with Crippen LogP contribution in [-0.2, 0) is 53.3 Å². The molecule has 0 aliphatic carbocycles. The fourth-order valence-electron chi connectivity index (χ4n) is 9.47. The van der Waals surface area contributed by atoms with Gasteiger partial charge in [-0.3, -0.25) is 19.3 Å². The highest BCUT2D eigenvalue weighted by molar-refractivity contribution is 5.86. The quantitative estimate of drug-likeness (QED) is 0.0757. The monoisotopic (exact) mass is 760 g/mol. The highest BCUT2D eigenvalue weighted by Gasteiger charge is 2.33. The average molecular weight is 761 g/mol. The van der Waals surface area contributed by atoms with Gasteiger partial charge < -0.3 is 31.3 Å². The summed E-state index contributed by atoms with van der Waals surface area (Å²) in [5.74, 6) is -3.22. The van der Waals surface area contributed by atoms with Crippen molar-refractivity contribution in [2.24, 2.45) is 35.5 Å². The van der Waals surface area contributed by atoms with E-state index in [-0.39, 0.29) is 17.8 Å². The first-order chi connectivity index (χ1) is 27.2. The predicted octanol–water partition coefficient (Wildman–Crippen LogP) is 5.60. The van der Waals surface area contributed by atoms with Crippen LogP contribution in [0.1, 0.15) is 52.6 Å². The molecule has 4 aromatic carbocycles. The van der Waals surface area contributed by atoms with Gasteiger partial charge in [-0.2, -0.15) is 0 Å². The topological polar surface area (TPSA) is 151 Å². The van der Waals surface area contributed by atoms with E-state index in [1.807, 2.05) is 24.3 Å². The third-order valence-corrected chi connectivity index (χ3v) is 12.5. The Bertz CT molecular complexity index is 1900. The van der Waals surface area contributed by atoms with Crippen molar-refractivity contribution in [3.05, 3.63) is 118 Å². The lowest BCUT2D eigenvalue weighted by Gasteiger charge is -2.25. The molecule has 0 radical (unpaired) electrons. The minimum absolute atomic E-state index is 0.113. The van der Waals surface area contributed by atoms with Crippen LogP contribution in [0.25, 0.3) is 10.8 Å². The van der Waals surface area contributed by atoms with E-state index in [0.29, 0.717) is 38.9 Å². The van der Waals surface area contributed by atoms with Crippen molar-refractivity contribution in [3.63, 3.8) is 0 Å². The number of carboxylic acid groups (broad SMARTS) is 3. The summed E-state index contributed by atoms with van der Waals surface area (Å²) in [6.45, 7) is 6.63. The van der Waals surface area contributed by atoms with Gasteiger partial charge in [0.2, 0.25) is 0 Å². The van der Waals surface area contributed by atoms with Gasteiger partial charge in [0.05, 0.1) is 17.8 Å². The van der Waals surface area contributed by atoms with Crippen LogP contribution in [0.4, 0.5) is 0 Å². The largest absolute Gasteiger partial charge is 0.481 e. The molecule has 7 rings (SSSR count). The number of carbonyl (C=O) groups is 3. The van der Waals surface area contributed by atoms with E-state index in [4.69, 9.17) is 0 Å². The highest BCUT2D eigenvalue weighted by atomic mass is 16.4. The molecular weight excluding hydrogens is 705 g/mol. The van der Waals surface area contributed by atoms with Crippen molar-refractivity contribution in [1.82, 2.24) is 20.9 Å². The van der Waals surface area contributed by atoms with Crippen LogP contribution in [0.2, 0.25) is 0 Å². The van der Waals surface area contributed by atoms with Crippen molar-refractivity contribution in [3.8, 4) is 0 Å². The summed E-state index contributed by atoms with van der Waals surface area (Å²) >= 11 is 0. The summed E-state index contributed by atoms with van der Waals surface area (Å²) in [4.78, 5) is 39.5. The molecule has 10 nitrogen and oxygen atoms in total. The summed E-state index contributed by atoms with van der Waals surface area (Å²) in [5.41, 5.74) is 6.40. The molecule has 6 unspecified atom stereocenters. The molecule has 6 atom stereocenters. The maximum atomic E-state index is 12.4. The molecule has 6 N–H and O–H groups in total. The van der Waals surface area contributed by atoms with Crippen LogP contribution in [0.5, 0.6) is 0 Å². The number of aliphatic carboxylic acids is 3. The van der Waals surface area contributed by atoms with E-state index in [1.165, 1.54) is 0 Å². The van der Waals surface area contributed by atoms with Crippen LogP contribution in [0.15, 0.2) is 84.9 Å². The molecule has 3 aliphatic rings. The molecular formula is C46H56N4O6. The molecule has 3 heterocycles. The number of carboxylic acids is 3. The molecule has 10 heteroatoms. The molecule has 56 heavy (non-hydrogen) atoms. The predicted molar refractivity (Wildman–Crippen MR) is 217 cm³/mol. The first-order valence-electron chi connectivity index (χ1n) is 20.4. The number of nitrogens with one attached hydrogen (secondary N) is 3. The van der Waals surface area contributed by atoms with Gasteiger partial charge in [-0.25, -0.2) is 0 Å². The van der Waals surface area contributed by atoms with Crippen LogP contribution in [0, 0.1) is 35.5 Å². The van der Waals surface area contributed by atoms with Crippen LogP contribution in [-0.4, -0.2) is 77.4 Å². The van der Waals surface area contributed by atoms with E-state index in [2.05, 4.69) is 81.5 Å². The summed E-state index contributed by atoms with van der Waals surface area (Å²) in [5, 5.41) is 42.6. The standard InChI is InChI=1S/C46H56N4O6/c51-44(52)41(36-12-15-47-24-36)21-30-4-1-6-33(18-30)27-50(28-34-7-2-5-31(19-34)22-42(45(53)54)37-13-16-48-25-37)29-39-9-3-8-35-11-10-32(20-40(35)39)23-43(46(55)56)38-14-17-49-26-38/h1-11,18-20,36-38,41-43,47-49H,12-17,21-29H2,(H,51,52)(H,53,54)(H,55,56). The Balaban J connectivity index is 1.17. The van der Waals surface area contributed by atoms with E-state index in [9.17, 15) is 29.7 Å². The molecule has 296 valence electrons. The molecule has 0 amide bonds. The third-order valence-electron chi connectivity index (χ3n) is 12.5. The molecule has 0 saturated carbocycles. The maximum absolute atomic E-state index is 12.4. The van der Waals surface area contributed by atoms with Gasteiger partial charge >= 0.3 is 17.9 Å². The Morgan fingerprint density at radius 3 is 1.39 bits per heavy atom. The number of fused-ring (bicyclic) bond motifs is 1. The fourth-order valence-corrected chi connectivity index (χ4v) is 9.47. The minimum Gasteiger partial charge on any atom is -0.481 e. The van der Waals surface area contributed by atoms with Crippen molar-refractivity contribution >= 4 is 28.7 Å². The molecule has 3 saturated heterocycles. The van der Waals surface area contributed by atoms with Gasteiger partial charge in [-0.15, -0.1) is 0 Å². The Kier molecular flexibility index (Phi) is 13.1. The lowest BCUT2D eigenvalue weighted by Crippen LogP contribution is -2.28. The number of nitrogens with zero attached hydrogens (tertiary/aromatic N) is 1. The summed E-state index contributed by atoms with van der Waals surface area (Å²) < 4.78 is 0. The first-order valence-corrected chi connectivity index (χ1v) is 20.4. The lowest BCUT2D eigenvalue weighted by molar-refractivity contribution is -0.144. The van der Waals surface area contributed by atoms with Crippen LogP contribution in [0.3, 0.4) is 0 Å². The van der Waals surface area contributed by atoms with Gasteiger partial charge in [0.1, 0.15) is 0 Å². The van der Waals surface area contributed by atoms with Crippen LogP contribution < -0.4 is 16.0 Å². The fraction of sp³-hybridized carbons (Fsp3) is 0.457. The van der Waals surface area contributed by atoms with Gasteiger partial charge in [0.25, 0.3) is 0 Å². The van der Waals surface area contributed by atoms with Crippen molar-refractivity contribution in [2.45, 2.75) is 58.2 Å². The van der Waals surface area contributed by atoms with Gasteiger partial charge in [-0.05, 0) is 140 Å². The van der Waals surface area contributed by atoms with E-state index in [0.717, 1.165) is 103 Å². The smallest absolute Gasteiger partial charge is 0.307 e. The summed E-state index contributed by atoms with van der Waals surface area (Å²) in [6, 6.07) is 29.3. The normalized spacial score (nSPS) is 21.3. The van der Waals surface area contributed by atoms with Crippen LogP contribution >= 0.6 is 0 Å². The molecule has 3 fully saturated rings. The van der Waals surface area contributed by atoms with E-state index in [1.54, 1.807) is 0 Å². The number of hydrogen-bond acceptors (Lipinski definition) is 7. The second-order valence-electron chi connectivity index (χ2n) is 16.5. The van der Waals surface area contributed by atoms with E-state index >= 15 is 0 Å². The molecule has 0 bridgehead atoms. The molecule has 4 aromatic rings. The molecule has 3 aliphatic heterocycles.